The van der Waals surface area contributed by atoms with Crippen molar-refractivity contribution in [1.82, 2.24) is 5.23 Å². The van der Waals surface area contributed by atoms with E-state index < -0.39 is 0 Å². The molecule has 0 aromatic heterocycles. The van der Waals surface area contributed by atoms with Crippen LogP contribution in [0.25, 0.3) is 0 Å². The Morgan fingerprint density at radius 3 is 2.55 bits per heavy atom. The minimum Gasteiger partial charge on any atom is -0.364 e. The first-order valence-corrected chi connectivity index (χ1v) is 3.83. The van der Waals surface area contributed by atoms with Crippen molar-refractivity contribution in [3.63, 3.8) is 0 Å². The van der Waals surface area contributed by atoms with Crippen molar-refractivity contribution in [1.29, 1.82) is 0 Å². The smallest absolute Gasteiger partial charge is 0.178 e. The maximum absolute atomic E-state index is 5.27. The first-order valence-electron chi connectivity index (χ1n) is 3.83. The fraction of sp³-hybridized carbons (Fsp3) is 0.333. The highest BCUT2D eigenvalue weighted by Gasteiger charge is 1.97. The predicted octanol–water partition coefficient (Wildman–Crippen LogP) is 1.29. The summed E-state index contributed by atoms with van der Waals surface area (Å²) in [6, 6.07) is 10.7. The summed E-state index contributed by atoms with van der Waals surface area (Å²) >= 11 is 0. The SMILES string of the molecule is [B]NC(C)Cc1ccccc1. The molecule has 1 unspecified atom stereocenters. The molecule has 0 aliphatic carbocycles. The summed E-state index contributed by atoms with van der Waals surface area (Å²) in [4.78, 5) is 0. The fourth-order valence-corrected chi connectivity index (χ4v) is 1.03. The van der Waals surface area contributed by atoms with E-state index in [1.54, 1.807) is 0 Å². The van der Waals surface area contributed by atoms with Gasteiger partial charge in [0.15, 0.2) is 7.98 Å². The molecule has 1 aromatic carbocycles. The van der Waals surface area contributed by atoms with E-state index in [0.29, 0.717) is 6.04 Å². The van der Waals surface area contributed by atoms with E-state index in [1.807, 2.05) is 18.2 Å². The zero-order chi connectivity index (χ0) is 8.10. The lowest BCUT2D eigenvalue weighted by atomic mass is 10.1. The summed E-state index contributed by atoms with van der Waals surface area (Å²) in [5.41, 5.74) is 1.32. The van der Waals surface area contributed by atoms with Crippen LogP contribution in [0.2, 0.25) is 0 Å². The maximum Gasteiger partial charge on any atom is 0.178 e. The molecule has 0 fully saturated rings. The van der Waals surface area contributed by atoms with Gasteiger partial charge in [-0.25, -0.2) is 0 Å². The van der Waals surface area contributed by atoms with E-state index >= 15 is 0 Å². The van der Waals surface area contributed by atoms with Crippen LogP contribution in [-0.2, 0) is 6.42 Å². The molecule has 0 bridgehead atoms. The van der Waals surface area contributed by atoms with Gasteiger partial charge in [0.25, 0.3) is 0 Å². The highest BCUT2D eigenvalue weighted by molar-refractivity contribution is 6.04. The Labute approximate surface area is 69.3 Å². The van der Waals surface area contributed by atoms with Crippen molar-refractivity contribution in [3.05, 3.63) is 35.9 Å². The van der Waals surface area contributed by atoms with Gasteiger partial charge in [0.1, 0.15) is 0 Å². The molecule has 0 spiro atoms. The zero-order valence-electron chi connectivity index (χ0n) is 6.75. The number of benzene rings is 1. The van der Waals surface area contributed by atoms with Gasteiger partial charge in [-0.05, 0) is 18.0 Å². The van der Waals surface area contributed by atoms with E-state index in [2.05, 4.69) is 24.3 Å². The molecule has 1 aromatic rings. The van der Waals surface area contributed by atoms with Gasteiger partial charge in [-0.15, -0.1) is 0 Å². The van der Waals surface area contributed by atoms with Crippen LogP contribution in [0.1, 0.15) is 12.5 Å². The molecule has 11 heavy (non-hydrogen) atoms. The third-order valence-corrected chi connectivity index (χ3v) is 1.67. The van der Waals surface area contributed by atoms with Gasteiger partial charge in [0.2, 0.25) is 0 Å². The molecular formula is C9H12BN. The summed E-state index contributed by atoms with van der Waals surface area (Å²) in [6.07, 6.45) is 0.983. The summed E-state index contributed by atoms with van der Waals surface area (Å²) in [5.74, 6) is 0. The number of hydrogen-bond donors (Lipinski definition) is 1. The lowest BCUT2D eigenvalue weighted by Crippen LogP contribution is -2.24. The second kappa shape index (κ2) is 4.19. The predicted molar refractivity (Wildman–Crippen MR) is 48.5 cm³/mol. The van der Waals surface area contributed by atoms with Crippen LogP contribution in [0.15, 0.2) is 30.3 Å². The second-order valence-corrected chi connectivity index (χ2v) is 2.76. The largest absolute Gasteiger partial charge is 0.364 e. The van der Waals surface area contributed by atoms with Crippen molar-refractivity contribution < 1.29 is 0 Å². The number of nitrogens with one attached hydrogen (secondary N) is 1. The summed E-state index contributed by atoms with van der Waals surface area (Å²) in [6.45, 7) is 2.06. The van der Waals surface area contributed by atoms with Crippen molar-refractivity contribution in [2.24, 2.45) is 0 Å². The van der Waals surface area contributed by atoms with Crippen molar-refractivity contribution in [2.45, 2.75) is 19.4 Å². The molecule has 2 heteroatoms. The zero-order valence-corrected chi connectivity index (χ0v) is 6.75. The van der Waals surface area contributed by atoms with Crippen LogP contribution >= 0.6 is 0 Å². The average molecular weight is 145 g/mol. The molecule has 0 aliphatic rings. The Bertz CT molecular complexity index is 198. The van der Waals surface area contributed by atoms with Crippen LogP contribution in [0.5, 0.6) is 0 Å². The molecular weight excluding hydrogens is 133 g/mol. The van der Waals surface area contributed by atoms with Crippen LogP contribution in [0, 0.1) is 0 Å². The Balaban J connectivity index is 2.51. The highest BCUT2D eigenvalue weighted by atomic mass is 14.8. The van der Waals surface area contributed by atoms with E-state index in [4.69, 9.17) is 7.98 Å². The van der Waals surface area contributed by atoms with Crippen LogP contribution < -0.4 is 5.23 Å². The topological polar surface area (TPSA) is 12.0 Å². The van der Waals surface area contributed by atoms with Gasteiger partial charge in [0, 0.05) is 0 Å². The van der Waals surface area contributed by atoms with Gasteiger partial charge in [-0.3, -0.25) is 0 Å². The molecule has 0 heterocycles. The number of hydrogen-bond acceptors (Lipinski definition) is 1. The van der Waals surface area contributed by atoms with Crippen LogP contribution in [-0.4, -0.2) is 14.0 Å². The molecule has 0 aliphatic heterocycles. The minimum absolute atomic E-state index is 0.345. The molecule has 56 valence electrons. The molecule has 1 rings (SSSR count). The summed E-state index contributed by atoms with van der Waals surface area (Å²) < 4.78 is 0. The van der Waals surface area contributed by atoms with Crippen LogP contribution in [0.4, 0.5) is 0 Å². The molecule has 1 atom stereocenters. The monoisotopic (exact) mass is 145 g/mol. The van der Waals surface area contributed by atoms with Gasteiger partial charge in [0.05, 0.1) is 0 Å². The summed E-state index contributed by atoms with van der Waals surface area (Å²) in [5, 5.41) is 2.71. The Morgan fingerprint density at radius 1 is 1.36 bits per heavy atom. The highest BCUT2D eigenvalue weighted by Crippen LogP contribution is 2.01. The standard InChI is InChI=1S/C9H12BN/c1-8(11-10)7-9-5-3-2-4-6-9/h2-6,8,11H,7H2,1H3. The molecule has 0 amide bonds. The Morgan fingerprint density at radius 2 is 2.00 bits per heavy atom. The van der Waals surface area contributed by atoms with Gasteiger partial charge in [-0.2, -0.15) is 0 Å². The molecule has 0 saturated heterocycles. The molecule has 2 radical (unpaired) electrons. The minimum atomic E-state index is 0.345. The number of rotatable bonds is 3. The molecule has 1 nitrogen and oxygen atoms in total. The van der Waals surface area contributed by atoms with E-state index in [1.165, 1.54) is 5.56 Å². The molecule has 0 saturated carbocycles. The first kappa shape index (κ1) is 8.34. The van der Waals surface area contributed by atoms with Crippen LogP contribution in [0.3, 0.4) is 0 Å². The fourth-order valence-electron chi connectivity index (χ4n) is 1.03. The Hall–Kier alpha value is -0.755. The van der Waals surface area contributed by atoms with Gasteiger partial charge < -0.3 is 5.23 Å². The van der Waals surface area contributed by atoms with Gasteiger partial charge >= 0.3 is 0 Å². The summed E-state index contributed by atoms with van der Waals surface area (Å²) in [7, 11) is 5.27. The lowest BCUT2D eigenvalue weighted by Gasteiger charge is -2.09. The molecule has 1 N–H and O–H groups in total. The van der Waals surface area contributed by atoms with E-state index in [0.717, 1.165) is 6.42 Å². The van der Waals surface area contributed by atoms with Crippen molar-refractivity contribution in [2.75, 3.05) is 0 Å². The van der Waals surface area contributed by atoms with Crippen molar-refractivity contribution >= 4 is 7.98 Å². The van der Waals surface area contributed by atoms with E-state index in [-0.39, 0.29) is 0 Å². The normalized spacial score (nSPS) is 12.8. The Kier molecular flexibility index (Phi) is 3.18. The van der Waals surface area contributed by atoms with Gasteiger partial charge in [-0.1, -0.05) is 37.3 Å². The quantitative estimate of drug-likeness (QED) is 0.632. The average Bonchev–Trinajstić information content (AvgIpc) is 2.06. The first-order chi connectivity index (χ1) is 5.33. The van der Waals surface area contributed by atoms with Crippen molar-refractivity contribution in [3.8, 4) is 0 Å². The third kappa shape index (κ3) is 2.77. The lowest BCUT2D eigenvalue weighted by molar-refractivity contribution is 0.681. The third-order valence-electron chi connectivity index (χ3n) is 1.67. The maximum atomic E-state index is 5.27. The van der Waals surface area contributed by atoms with E-state index in [9.17, 15) is 0 Å². The second-order valence-electron chi connectivity index (χ2n) is 2.76.